The summed E-state index contributed by atoms with van der Waals surface area (Å²) >= 11 is 0. The molecule has 3 atom stereocenters. The van der Waals surface area contributed by atoms with E-state index >= 15 is 0 Å². The van der Waals surface area contributed by atoms with Gasteiger partial charge in [0.15, 0.2) is 0 Å². The average molecular weight is 415 g/mol. The Bertz CT molecular complexity index is 1150. The average Bonchev–Trinajstić information content (AvgIpc) is 3.27. The highest BCUT2D eigenvalue weighted by Gasteiger charge is 2.43. The maximum absolute atomic E-state index is 12.4. The lowest BCUT2D eigenvalue weighted by Gasteiger charge is -2.36. The van der Waals surface area contributed by atoms with E-state index in [2.05, 4.69) is 55.1 Å². The van der Waals surface area contributed by atoms with E-state index in [0.717, 1.165) is 39.3 Å². The number of fused-ring (bicyclic) bond motifs is 4. The second kappa shape index (κ2) is 7.45. The molecule has 0 aliphatic heterocycles. The predicted molar refractivity (Wildman–Crippen MR) is 120 cm³/mol. The summed E-state index contributed by atoms with van der Waals surface area (Å²) in [4.78, 5) is 12.4. The fraction of sp³-hybridized carbons (Fsp3) is 0.296. The largest absolute Gasteiger partial charge is 0.496 e. The molecule has 3 aliphatic rings. The number of hydrogen-bond donors (Lipinski definition) is 0. The molecule has 3 unspecified atom stereocenters. The normalized spacial score (nSPS) is 24.7. The summed E-state index contributed by atoms with van der Waals surface area (Å²) in [7, 11) is 4.88. The van der Waals surface area contributed by atoms with E-state index in [1.54, 1.807) is 14.2 Å². The molecule has 0 aromatic heterocycles. The topological polar surface area (TPSA) is 44.8 Å². The van der Waals surface area contributed by atoms with Gasteiger partial charge in [-0.25, -0.2) is 0 Å². The molecule has 3 aliphatic carbocycles. The first-order chi connectivity index (χ1) is 15.1. The van der Waals surface area contributed by atoms with Crippen molar-refractivity contribution in [3.8, 4) is 11.5 Å². The van der Waals surface area contributed by atoms with Crippen LogP contribution in [0.25, 0.3) is 0 Å². The van der Waals surface area contributed by atoms with Crippen LogP contribution in [-0.2, 0) is 22.4 Å². The molecule has 0 saturated carbocycles. The number of benzene rings is 2. The van der Waals surface area contributed by atoms with Crippen LogP contribution in [-0.4, -0.2) is 27.3 Å². The van der Waals surface area contributed by atoms with Crippen molar-refractivity contribution in [1.82, 2.24) is 0 Å². The maximum Gasteiger partial charge on any atom is 0.309 e. The smallest absolute Gasteiger partial charge is 0.309 e. The molecule has 4 nitrogen and oxygen atoms in total. The zero-order valence-corrected chi connectivity index (χ0v) is 18.1. The molecule has 2 aromatic rings. The van der Waals surface area contributed by atoms with Crippen molar-refractivity contribution in [2.45, 2.75) is 24.7 Å². The van der Waals surface area contributed by atoms with Crippen molar-refractivity contribution in [2.24, 2.45) is 5.92 Å². The standard InChI is InChI=1S/C27H26O4/c1-15-9-5-6-12-19-17-10-7-8-11-18(17)22(15)24-23(19)25(29-2)20-13-16(27(28)31-4)14-21(20)26(24)30-3/h5-12,16,19,22H,1,13-14H2,2-4H3/b9-5-,12-6-. The Kier molecular flexibility index (Phi) is 4.73. The third kappa shape index (κ3) is 2.78. The molecule has 0 amide bonds. The van der Waals surface area contributed by atoms with E-state index in [0.29, 0.717) is 12.8 Å². The second-order valence-corrected chi connectivity index (χ2v) is 8.34. The first-order valence-corrected chi connectivity index (χ1v) is 10.6. The van der Waals surface area contributed by atoms with Gasteiger partial charge in [-0.1, -0.05) is 55.1 Å². The van der Waals surface area contributed by atoms with Crippen LogP contribution >= 0.6 is 0 Å². The molecule has 0 heterocycles. The molecule has 158 valence electrons. The van der Waals surface area contributed by atoms with Crippen LogP contribution in [0.4, 0.5) is 0 Å². The minimum atomic E-state index is -0.225. The summed E-state index contributed by atoms with van der Waals surface area (Å²) in [6, 6.07) is 8.54. The van der Waals surface area contributed by atoms with Crippen molar-refractivity contribution >= 4 is 5.97 Å². The van der Waals surface area contributed by atoms with Gasteiger partial charge in [-0.05, 0) is 29.5 Å². The number of esters is 1. The summed E-state index contributed by atoms with van der Waals surface area (Å²) in [5, 5.41) is 0. The van der Waals surface area contributed by atoms with Crippen molar-refractivity contribution < 1.29 is 19.0 Å². The number of methoxy groups -OCH3 is 3. The fourth-order valence-corrected chi connectivity index (χ4v) is 5.64. The third-order valence-electron chi connectivity index (χ3n) is 6.87. The molecule has 2 aromatic carbocycles. The van der Waals surface area contributed by atoms with Gasteiger partial charge in [0.25, 0.3) is 0 Å². The Morgan fingerprint density at radius 3 is 2.23 bits per heavy atom. The van der Waals surface area contributed by atoms with E-state index in [1.165, 1.54) is 18.2 Å². The molecule has 0 N–H and O–H groups in total. The first-order valence-electron chi connectivity index (χ1n) is 10.6. The summed E-state index contributed by atoms with van der Waals surface area (Å²) in [5.74, 6) is 1.29. The van der Waals surface area contributed by atoms with Crippen LogP contribution in [0.5, 0.6) is 11.5 Å². The Morgan fingerprint density at radius 2 is 1.58 bits per heavy atom. The molecule has 31 heavy (non-hydrogen) atoms. The van der Waals surface area contributed by atoms with Crippen LogP contribution in [0, 0.1) is 5.92 Å². The maximum atomic E-state index is 12.4. The molecule has 4 heteroatoms. The van der Waals surface area contributed by atoms with Crippen molar-refractivity contribution in [2.75, 3.05) is 21.3 Å². The zero-order valence-electron chi connectivity index (χ0n) is 18.1. The number of carbonyl (C=O) groups excluding carboxylic acids is 1. The lowest BCUT2D eigenvalue weighted by atomic mass is 9.68. The summed E-state index contributed by atoms with van der Waals surface area (Å²) in [6.07, 6.45) is 9.61. The summed E-state index contributed by atoms with van der Waals surface area (Å²) in [5.41, 5.74) is 7.83. The molecule has 0 saturated heterocycles. The molecular formula is C27H26O4. The Labute approximate surface area is 182 Å². The molecule has 5 rings (SSSR count). The number of carbonyl (C=O) groups is 1. The first kappa shape index (κ1) is 19.7. The number of ether oxygens (including phenoxy) is 3. The lowest BCUT2D eigenvalue weighted by Crippen LogP contribution is -2.21. The number of rotatable bonds is 3. The third-order valence-corrected chi connectivity index (χ3v) is 6.87. The van der Waals surface area contributed by atoms with E-state index in [4.69, 9.17) is 14.2 Å². The van der Waals surface area contributed by atoms with Gasteiger partial charge >= 0.3 is 5.97 Å². The van der Waals surface area contributed by atoms with Crippen molar-refractivity contribution in [3.63, 3.8) is 0 Å². The van der Waals surface area contributed by atoms with Crippen LogP contribution in [0.2, 0.25) is 0 Å². The van der Waals surface area contributed by atoms with Crippen molar-refractivity contribution in [3.05, 3.63) is 94.1 Å². The highest BCUT2D eigenvalue weighted by Crippen LogP contribution is 2.57. The van der Waals surface area contributed by atoms with E-state index in [1.807, 2.05) is 0 Å². The van der Waals surface area contributed by atoms with E-state index in [-0.39, 0.29) is 23.7 Å². The van der Waals surface area contributed by atoms with Crippen LogP contribution in [0.1, 0.15) is 45.2 Å². The Balaban J connectivity index is 1.86. The minimum absolute atomic E-state index is 0.0318. The van der Waals surface area contributed by atoms with Gasteiger partial charge in [0.1, 0.15) is 11.5 Å². The second-order valence-electron chi connectivity index (χ2n) is 8.34. The van der Waals surface area contributed by atoms with E-state index < -0.39 is 0 Å². The monoisotopic (exact) mass is 414 g/mol. The van der Waals surface area contributed by atoms with Crippen LogP contribution in [0.3, 0.4) is 0 Å². The Morgan fingerprint density at radius 1 is 0.935 bits per heavy atom. The molecule has 0 spiro atoms. The Hall–Kier alpha value is -3.27. The molecular weight excluding hydrogens is 388 g/mol. The molecule has 2 bridgehead atoms. The van der Waals surface area contributed by atoms with Gasteiger partial charge in [0, 0.05) is 34.1 Å². The number of allylic oxidation sites excluding steroid dienone is 5. The minimum Gasteiger partial charge on any atom is -0.496 e. The van der Waals surface area contributed by atoms with Crippen LogP contribution in [0.15, 0.2) is 60.7 Å². The van der Waals surface area contributed by atoms with Crippen LogP contribution < -0.4 is 9.47 Å². The van der Waals surface area contributed by atoms with Gasteiger partial charge in [-0.3, -0.25) is 4.79 Å². The zero-order chi connectivity index (χ0) is 21.7. The van der Waals surface area contributed by atoms with Gasteiger partial charge in [-0.15, -0.1) is 0 Å². The molecule has 0 radical (unpaired) electrons. The highest BCUT2D eigenvalue weighted by atomic mass is 16.5. The molecule has 0 fully saturated rings. The van der Waals surface area contributed by atoms with Gasteiger partial charge in [0.05, 0.1) is 27.2 Å². The predicted octanol–water partition coefficient (Wildman–Crippen LogP) is 4.85. The van der Waals surface area contributed by atoms with Gasteiger partial charge in [-0.2, -0.15) is 0 Å². The van der Waals surface area contributed by atoms with E-state index in [9.17, 15) is 4.79 Å². The number of hydrogen-bond acceptors (Lipinski definition) is 4. The van der Waals surface area contributed by atoms with Crippen molar-refractivity contribution in [1.29, 1.82) is 0 Å². The fourth-order valence-electron chi connectivity index (χ4n) is 5.64. The lowest BCUT2D eigenvalue weighted by molar-refractivity contribution is -0.145. The summed E-state index contributed by atoms with van der Waals surface area (Å²) < 4.78 is 17.2. The highest BCUT2D eigenvalue weighted by molar-refractivity contribution is 5.78. The summed E-state index contributed by atoms with van der Waals surface area (Å²) in [6.45, 7) is 4.42. The van der Waals surface area contributed by atoms with Gasteiger partial charge < -0.3 is 14.2 Å². The SMILES string of the molecule is C=C1/C=C\C=C/C2c3ccccc3C1c1c(OC)c3c(c(OC)c12)CC(C(=O)OC)C3. The van der Waals surface area contributed by atoms with Gasteiger partial charge in [0.2, 0.25) is 0 Å². The quantitative estimate of drug-likeness (QED) is 0.674.